The molecule has 0 heterocycles. The highest BCUT2D eigenvalue weighted by molar-refractivity contribution is 4.94. The van der Waals surface area contributed by atoms with E-state index in [1.54, 1.807) is 25.7 Å². The van der Waals surface area contributed by atoms with Crippen LogP contribution in [0.5, 0.6) is 0 Å². The number of fused-ring (bicyclic) bond motifs is 2. The third-order valence-corrected chi connectivity index (χ3v) is 6.11. The van der Waals surface area contributed by atoms with Crippen LogP contribution in [0.2, 0.25) is 0 Å². The van der Waals surface area contributed by atoms with Crippen LogP contribution in [-0.4, -0.2) is 6.54 Å². The topological polar surface area (TPSA) is 26.0 Å². The monoisotopic (exact) mass is 279 g/mol. The predicted octanol–water partition coefficient (Wildman–Crippen LogP) is 5.53. The molecule has 0 saturated heterocycles. The molecule has 1 heteroatoms. The van der Waals surface area contributed by atoms with Crippen molar-refractivity contribution in [3.8, 4) is 0 Å². The van der Waals surface area contributed by atoms with Gasteiger partial charge in [-0.15, -0.1) is 0 Å². The molecule has 0 aromatic heterocycles. The summed E-state index contributed by atoms with van der Waals surface area (Å²) < 4.78 is 0. The van der Waals surface area contributed by atoms with Crippen LogP contribution < -0.4 is 5.73 Å². The SMILES string of the molecule is CCCCCCC1CC2CC1CC2CCCCCCN. The van der Waals surface area contributed by atoms with Crippen molar-refractivity contribution < 1.29 is 0 Å². The minimum atomic E-state index is 0.883. The van der Waals surface area contributed by atoms with E-state index in [1.165, 1.54) is 57.8 Å². The lowest BCUT2D eigenvalue weighted by Crippen LogP contribution is -2.18. The fourth-order valence-electron chi connectivity index (χ4n) is 4.96. The molecule has 4 atom stereocenters. The first-order valence-electron chi connectivity index (χ1n) is 9.55. The summed E-state index contributed by atoms with van der Waals surface area (Å²) in [5.41, 5.74) is 5.56. The molecule has 118 valence electrons. The van der Waals surface area contributed by atoms with Gasteiger partial charge in [0.2, 0.25) is 0 Å². The summed E-state index contributed by atoms with van der Waals surface area (Å²) in [5.74, 6) is 4.46. The lowest BCUT2D eigenvalue weighted by Gasteiger charge is -2.28. The highest BCUT2D eigenvalue weighted by Crippen LogP contribution is 2.54. The second-order valence-corrected chi connectivity index (χ2v) is 7.59. The molecule has 2 saturated carbocycles. The standard InChI is InChI=1S/C19H37N/c1-2-3-4-7-10-16-13-19-15-18(16)14-17(19)11-8-5-6-9-12-20/h16-19H,2-15,20H2,1H3. The van der Waals surface area contributed by atoms with E-state index in [2.05, 4.69) is 6.92 Å². The second kappa shape index (κ2) is 9.07. The summed E-state index contributed by atoms with van der Waals surface area (Å²) in [6.45, 7) is 3.20. The molecule has 4 unspecified atom stereocenters. The molecule has 2 rings (SSSR count). The van der Waals surface area contributed by atoms with E-state index in [-0.39, 0.29) is 0 Å². The smallest absolute Gasteiger partial charge is 0.00773 e. The van der Waals surface area contributed by atoms with Crippen LogP contribution >= 0.6 is 0 Å². The molecule has 2 fully saturated rings. The van der Waals surface area contributed by atoms with E-state index in [4.69, 9.17) is 5.73 Å². The van der Waals surface area contributed by atoms with E-state index in [0.29, 0.717) is 0 Å². The Kier molecular flexibility index (Phi) is 7.41. The maximum Gasteiger partial charge on any atom is -0.00773 e. The summed E-state index contributed by atoms with van der Waals surface area (Å²) in [6, 6.07) is 0. The highest BCUT2D eigenvalue weighted by Gasteiger charge is 2.44. The summed E-state index contributed by atoms with van der Waals surface area (Å²) in [5, 5.41) is 0. The van der Waals surface area contributed by atoms with Gasteiger partial charge in [0, 0.05) is 0 Å². The van der Waals surface area contributed by atoms with Crippen molar-refractivity contribution in [2.45, 2.75) is 90.4 Å². The van der Waals surface area contributed by atoms with Gasteiger partial charge in [-0.25, -0.2) is 0 Å². The Morgan fingerprint density at radius 2 is 1.25 bits per heavy atom. The van der Waals surface area contributed by atoms with Gasteiger partial charge in [0.05, 0.1) is 0 Å². The summed E-state index contributed by atoms with van der Waals surface area (Å²) in [6.07, 6.45) is 19.1. The Bertz CT molecular complexity index is 250. The lowest BCUT2D eigenvalue weighted by molar-refractivity contribution is 0.228. The van der Waals surface area contributed by atoms with Gasteiger partial charge in [0.1, 0.15) is 0 Å². The van der Waals surface area contributed by atoms with Crippen molar-refractivity contribution in [2.24, 2.45) is 29.4 Å². The molecule has 0 aromatic carbocycles. The Morgan fingerprint density at radius 1 is 0.700 bits per heavy atom. The number of hydrogen-bond acceptors (Lipinski definition) is 1. The van der Waals surface area contributed by atoms with Gasteiger partial charge in [-0.2, -0.15) is 0 Å². The molecular formula is C19H37N. The Labute approximate surface area is 127 Å². The second-order valence-electron chi connectivity index (χ2n) is 7.59. The van der Waals surface area contributed by atoms with E-state index in [1.807, 2.05) is 0 Å². The highest BCUT2D eigenvalue weighted by atomic mass is 14.5. The zero-order valence-electron chi connectivity index (χ0n) is 13.8. The minimum Gasteiger partial charge on any atom is -0.330 e. The van der Waals surface area contributed by atoms with Gasteiger partial charge in [0.15, 0.2) is 0 Å². The fourth-order valence-corrected chi connectivity index (χ4v) is 4.96. The molecule has 20 heavy (non-hydrogen) atoms. The number of nitrogens with two attached hydrogens (primary N) is 1. The van der Waals surface area contributed by atoms with Crippen molar-refractivity contribution in [1.29, 1.82) is 0 Å². The first kappa shape index (κ1) is 16.3. The number of hydrogen-bond donors (Lipinski definition) is 1. The first-order valence-corrected chi connectivity index (χ1v) is 9.55. The third kappa shape index (κ3) is 4.76. The van der Waals surface area contributed by atoms with Crippen LogP contribution in [-0.2, 0) is 0 Å². The zero-order chi connectivity index (χ0) is 14.2. The first-order chi connectivity index (χ1) is 9.85. The largest absolute Gasteiger partial charge is 0.330 e. The molecule has 1 nitrogen and oxygen atoms in total. The van der Waals surface area contributed by atoms with Gasteiger partial charge in [0.25, 0.3) is 0 Å². The molecule has 2 aliphatic carbocycles. The molecular weight excluding hydrogens is 242 g/mol. The summed E-state index contributed by atoms with van der Waals surface area (Å²) in [7, 11) is 0. The quantitative estimate of drug-likeness (QED) is 0.494. The molecule has 2 aliphatic rings. The van der Waals surface area contributed by atoms with Crippen LogP contribution in [0.3, 0.4) is 0 Å². The fraction of sp³-hybridized carbons (Fsp3) is 1.00. The van der Waals surface area contributed by atoms with Crippen molar-refractivity contribution >= 4 is 0 Å². The van der Waals surface area contributed by atoms with E-state index in [9.17, 15) is 0 Å². The summed E-state index contributed by atoms with van der Waals surface area (Å²) >= 11 is 0. The maximum absolute atomic E-state index is 5.56. The van der Waals surface area contributed by atoms with Crippen LogP contribution in [0.1, 0.15) is 90.4 Å². The molecule has 0 amide bonds. The average Bonchev–Trinajstić information content (AvgIpc) is 3.03. The maximum atomic E-state index is 5.56. The predicted molar refractivity (Wildman–Crippen MR) is 88.7 cm³/mol. The minimum absolute atomic E-state index is 0.883. The van der Waals surface area contributed by atoms with Gasteiger partial charge < -0.3 is 5.73 Å². The van der Waals surface area contributed by atoms with E-state index < -0.39 is 0 Å². The third-order valence-electron chi connectivity index (χ3n) is 6.11. The number of unbranched alkanes of at least 4 members (excludes halogenated alkanes) is 6. The van der Waals surface area contributed by atoms with Crippen molar-refractivity contribution in [3.05, 3.63) is 0 Å². The van der Waals surface area contributed by atoms with E-state index >= 15 is 0 Å². The molecule has 0 aliphatic heterocycles. The Balaban J connectivity index is 1.55. The van der Waals surface area contributed by atoms with Gasteiger partial charge in [-0.05, 0) is 55.9 Å². The zero-order valence-corrected chi connectivity index (χ0v) is 13.8. The van der Waals surface area contributed by atoms with Crippen LogP contribution in [0.25, 0.3) is 0 Å². The van der Waals surface area contributed by atoms with E-state index in [0.717, 1.165) is 30.2 Å². The number of rotatable bonds is 11. The summed E-state index contributed by atoms with van der Waals surface area (Å²) in [4.78, 5) is 0. The Morgan fingerprint density at radius 3 is 1.75 bits per heavy atom. The van der Waals surface area contributed by atoms with Crippen LogP contribution in [0.4, 0.5) is 0 Å². The molecule has 0 radical (unpaired) electrons. The molecule has 2 N–H and O–H groups in total. The molecule has 0 aromatic rings. The van der Waals surface area contributed by atoms with Gasteiger partial charge in [-0.1, -0.05) is 64.7 Å². The van der Waals surface area contributed by atoms with Gasteiger partial charge in [-0.3, -0.25) is 0 Å². The normalized spacial score (nSPS) is 32.1. The Hall–Kier alpha value is -0.0400. The van der Waals surface area contributed by atoms with Gasteiger partial charge >= 0.3 is 0 Å². The van der Waals surface area contributed by atoms with Crippen LogP contribution in [0.15, 0.2) is 0 Å². The van der Waals surface area contributed by atoms with Crippen molar-refractivity contribution in [1.82, 2.24) is 0 Å². The lowest BCUT2D eigenvalue weighted by atomic mass is 9.78. The average molecular weight is 280 g/mol. The van der Waals surface area contributed by atoms with Crippen molar-refractivity contribution in [2.75, 3.05) is 6.54 Å². The molecule has 0 spiro atoms. The van der Waals surface area contributed by atoms with Crippen LogP contribution in [0, 0.1) is 23.7 Å². The van der Waals surface area contributed by atoms with Crippen molar-refractivity contribution in [3.63, 3.8) is 0 Å². The molecule has 2 bridgehead atoms.